The topological polar surface area (TPSA) is 52.6 Å². The number of rotatable bonds is 2. The van der Waals surface area contributed by atoms with E-state index >= 15 is 0 Å². The van der Waals surface area contributed by atoms with Gasteiger partial charge in [-0.05, 0) is 24.1 Å². The first-order chi connectivity index (χ1) is 9.69. The summed E-state index contributed by atoms with van der Waals surface area (Å²) in [6.07, 6.45) is 2.22. The van der Waals surface area contributed by atoms with Gasteiger partial charge >= 0.3 is 5.97 Å². The lowest BCUT2D eigenvalue weighted by Crippen LogP contribution is -2.27. The molecular formula is C16H16O4. The summed E-state index contributed by atoms with van der Waals surface area (Å²) in [6.45, 7) is 0. The number of esters is 1. The van der Waals surface area contributed by atoms with Crippen LogP contribution in [0.15, 0.2) is 35.6 Å². The van der Waals surface area contributed by atoms with Gasteiger partial charge in [-0.3, -0.25) is 9.59 Å². The molecule has 0 amide bonds. The quantitative estimate of drug-likeness (QED) is 0.777. The van der Waals surface area contributed by atoms with E-state index in [2.05, 4.69) is 0 Å². The van der Waals surface area contributed by atoms with E-state index in [0.717, 1.165) is 17.7 Å². The maximum atomic E-state index is 12.2. The van der Waals surface area contributed by atoms with Crippen molar-refractivity contribution in [1.29, 1.82) is 0 Å². The van der Waals surface area contributed by atoms with Crippen molar-refractivity contribution in [1.82, 2.24) is 0 Å². The second-order valence-corrected chi connectivity index (χ2v) is 5.12. The van der Waals surface area contributed by atoms with Gasteiger partial charge in [-0.25, -0.2) is 0 Å². The summed E-state index contributed by atoms with van der Waals surface area (Å²) >= 11 is 0. The zero-order valence-electron chi connectivity index (χ0n) is 11.3. The van der Waals surface area contributed by atoms with Gasteiger partial charge < -0.3 is 9.47 Å². The van der Waals surface area contributed by atoms with Gasteiger partial charge in [0.25, 0.3) is 0 Å². The lowest BCUT2D eigenvalue weighted by molar-refractivity contribution is -0.142. The highest BCUT2D eigenvalue weighted by Crippen LogP contribution is 2.40. The molecule has 1 atom stereocenters. The number of hydrogen-bond donors (Lipinski definition) is 0. The summed E-state index contributed by atoms with van der Waals surface area (Å²) < 4.78 is 10.4. The third-order valence-corrected chi connectivity index (χ3v) is 3.88. The van der Waals surface area contributed by atoms with Crippen molar-refractivity contribution in [2.24, 2.45) is 0 Å². The number of hydrogen-bond acceptors (Lipinski definition) is 4. The fourth-order valence-electron chi connectivity index (χ4n) is 2.90. The van der Waals surface area contributed by atoms with E-state index in [-0.39, 0.29) is 24.1 Å². The Bertz CT molecular complexity index is 583. The van der Waals surface area contributed by atoms with Crippen LogP contribution >= 0.6 is 0 Å². The molecule has 0 radical (unpaired) electrons. The Morgan fingerprint density at radius 3 is 2.60 bits per heavy atom. The molecule has 0 saturated carbocycles. The molecule has 3 rings (SSSR count). The first-order valence-electron chi connectivity index (χ1n) is 6.80. The monoisotopic (exact) mass is 272 g/mol. The van der Waals surface area contributed by atoms with E-state index in [9.17, 15) is 9.59 Å². The highest BCUT2D eigenvalue weighted by atomic mass is 16.5. The molecule has 20 heavy (non-hydrogen) atoms. The van der Waals surface area contributed by atoms with Gasteiger partial charge in [0.05, 0.1) is 13.5 Å². The van der Waals surface area contributed by atoms with Crippen LogP contribution in [0, 0.1) is 0 Å². The van der Waals surface area contributed by atoms with E-state index < -0.39 is 0 Å². The van der Waals surface area contributed by atoms with Crippen molar-refractivity contribution in [3.8, 4) is 5.75 Å². The number of Topliss-reactive ketones (excluding diaryl/α,β-unsaturated/α-hetero) is 1. The van der Waals surface area contributed by atoms with Gasteiger partial charge in [0.2, 0.25) is 0 Å². The highest BCUT2D eigenvalue weighted by Gasteiger charge is 2.36. The summed E-state index contributed by atoms with van der Waals surface area (Å²) in [4.78, 5) is 23.9. The molecule has 0 N–H and O–H groups in total. The Morgan fingerprint density at radius 1 is 1.15 bits per heavy atom. The number of benzene rings is 1. The average molecular weight is 272 g/mol. The zero-order valence-corrected chi connectivity index (χ0v) is 11.3. The van der Waals surface area contributed by atoms with E-state index in [1.807, 2.05) is 24.3 Å². The summed E-state index contributed by atoms with van der Waals surface area (Å²) in [7, 11) is 1.61. The van der Waals surface area contributed by atoms with Crippen LogP contribution in [0.25, 0.3) is 0 Å². The van der Waals surface area contributed by atoms with Crippen molar-refractivity contribution in [3.63, 3.8) is 0 Å². The minimum Gasteiger partial charge on any atom is -0.497 e. The van der Waals surface area contributed by atoms with Crippen molar-refractivity contribution < 1.29 is 19.1 Å². The predicted octanol–water partition coefficient (Wildman–Crippen LogP) is 2.73. The molecule has 4 heteroatoms. The van der Waals surface area contributed by atoms with E-state index in [0.29, 0.717) is 24.2 Å². The summed E-state index contributed by atoms with van der Waals surface area (Å²) in [5.74, 6) is 1.03. The Balaban J connectivity index is 2.01. The van der Waals surface area contributed by atoms with Crippen molar-refractivity contribution >= 4 is 11.8 Å². The van der Waals surface area contributed by atoms with E-state index in [4.69, 9.17) is 9.47 Å². The van der Waals surface area contributed by atoms with Gasteiger partial charge in [-0.1, -0.05) is 12.1 Å². The van der Waals surface area contributed by atoms with Crippen LogP contribution in [0.4, 0.5) is 0 Å². The van der Waals surface area contributed by atoms with E-state index in [1.165, 1.54) is 0 Å². The van der Waals surface area contributed by atoms with Gasteiger partial charge in [0.1, 0.15) is 11.5 Å². The Hall–Kier alpha value is -2.10. The molecule has 1 aromatic rings. The molecule has 1 unspecified atom stereocenters. The number of allylic oxidation sites excluding steroid dienone is 2. The van der Waals surface area contributed by atoms with Gasteiger partial charge in [-0.15, -0.1) is 0 Å². The molecule has 4 nitrogen and oxygen atoms in total. The molecule has 0 bridgehead atoms. The first kappa shape index (κ1) is 12.9. The smallest absolute Gasteiger partial charge is 0.311 e. The molecule has 0 saturated heterocycles. The molecule has 0 aromatic heterocycles. The summed E-state index contributed by atoms with van der Waals surface area (Å²) in [5.41, 5.74) is 1.66. The molecule has 104 valence electrons. The maximum Gasteiger partial charge on any atom is 0.311 e. The second kappa shape index (κ2) is 5.12. The Labute approximate surface area is 117 Å². The normalized spacial score (nSPS) is 22.4. The maximum absolute atomic E-state index is 12.2. The predicted molar refractivity (Wildman–Crippen MR) is 72.3 cm³/mol. The molecule has 1 aromatic carbocycles. The SMILES string of the molecule is COc1ccc(C2CC(=O)OC3=C2C(=O)CCC3)cc1. The van der Waals surface area contributed by atoms with E-state index in [1.54, 1.807) is 7.11 Å². The largest absolute Gasteiger partial charge is 0.497 e. The van der Waals surface area contributed by atoms with Crippen LogP contribution in [0.2, 0.25) is 0 Å². The van der Waals surface area contributed by atoms with Gasteiger partial charge in [-0.2, -0.15) is 0 Å². The average Bonchev–Trinajstić information content (AvgIpc) is 2.46. The molecule has 1 aliphatic carbocycles. The minimum absolute atomic E-state index is 0.111. The van der Waals surface area contributed by atoms with Gasteiger partial charge in [0.15, 0.2) is 5.78 Å². The standard InChI is InChI=1S/C16H16O4/c1-19-11-7-5-10(6-8-11)12-9-15(18)20-14-4-2-3-13(17)16(12)14/h5-8,12H,2-4,9H2,1H3. The fraction of sp³-hybridized carbons (Fsp3) is 0.375. The second-order valence-electron chi connectivity index (χ2n) is 5.12. The van der Waals surface area contributed by atoms with Crippen LogP contribution < -0.4 is 4.74 Å². The Kier molecular flexibility index (Phi) is 3.30. The van der Waals surface area contributed by atoms with Crippen molar-refractivity contribution in [2.75, 3.05) is 7.11 Å². The lowest BCUT2D eigenvalue weighted by atomic mass is 9.79. The fourth-order valence-corrected chi connectivity index (χ4v) is 2.90. The number of methoxy groups -OCH3 is 1. The third-order valence-electron chi connectivity index (χ3n) is 3.88. The van der Waals surface area contributed by atoms with Crippen LogP contribution in [0.3, 0.4) is 0 Å². The highest BCUT2D eigenvalue weighted by molar-refractivity contribution is 6.00. The van der Waals surface area contributed by atoms with Crippen LogP contribution in [0.5, 0.6) is 5.75 Å². The zero-order chi connectivity index (χ0) is 14.1. The molecule has 0 fully saturated rings. The molecule has 1 aliphatic heterocycles. The molecule has 1 heterocycles. The number of carbonyl (C=O) groups is 2. The number of ketones is 1. The van der Waals surface area contributed by atoms with Crippen molar-refractivity contribution in [2.45, 2.75) is 31.6 Å². The summed E-state index contributed by atoms with van der Waals surface area (Å²) in [5, 5.41) is 0. The number of ether oxygens (including phenoxy) is 2. The van der Waals surface area contributed by atoms with Crippen LogP contribution in [0.1, 0.15) is 37.2 Å². The number of carbonyl (C=O) groups excluding carboxylic acids is 2. The minimum atomic E-state index is -0.251. The first-order valence-corrected chi connectivity index (χ1v) is 6.80. The van der Waals surface area contributed by atoms with Gasteiger partial charge in [0, 0.05) is 24.3 Å². The Morgan fingerprint density at radius 2 is 1.90 bits per heavy atom. The molecular weight excluding hydrogens is 256 g/mol. The molecule has 0 spiro atoms. The van der Waals surface area contributed by atoms with Crippen LogP contribution in [-0.4, -0.2) is 18.9 Å². The summed E-state index contributed by atoms with van der Waals surface area (Å²) in [6, 6.07) is 7.52. The van der Waals surface area contributed by atoms with Crippen LogP contribution in [-0.2, 0) is 14.3 Å². The third kappa shape index (κ3) is 2.22. The lowest BCUT2D eigenvalue weighted by Gasteiger charge is -2.29. The molecule has 2 aliphatic rings. The van der Waals surface area contributed by atoms with Crippen molar-refractivity contribution in [3.05, 3.63) is 41.2 Å².